The molecule has 19 heavy (non-hydrogen) atoms. The van der Waals surface area contributed by atoms with Crippen LogP contribution < -0.4 is 16.0 Å². The molecular formula is C12H14BrFN4O. The Kier molecular flexibility index (Phi) is 4.18. The number of nitrogens with zero attached hydrogens (tertiary/aromatic N) is 2. The van der Waals surface area contributed by atoms with E-state index in [4.69, 9.17) is 10.6 Å². The summed E-state index contributed by atoms with van der Waals surface area (Å²) in [6.07, 6.45) is 1.57. The van der Waals surface area contributed by atoms with E-state index in [2.05, 4.69) is 26.5 Å². The number of nitrogens with one attached hydrogen (secondary N) is 1. The molecule has 0 bridgehead atoms. The van der Waals surface area contributed by atoms with Crippen molar-refractivity contribution in [3.63, 3.8) is 0 Å². The van der Waals surface area contributed by atoms with Gasteiger partial charge in [-0.25, -0.2) is 9.82 Å². The molecule has 1 unspecified atom stereocenters. The summed E-state index contributed by atoms with van der Waals surface area (Å²) in [6.45, 7) is 0. The first-order valence-electron chi connectivity index (χ1n) is 5.56. The average molecular weight is 329 g/mol. The number of ether oxygens (including phenoxy) is 1. The molecule has 0 saturated heterocycles. The smallest absolute Gasteiger partial charge is 0.161 e. The third kappa shape index (κ3) is 2.49. The monoisotopic (exact) mass is 328 g/mol. The van der Waals surface area contributed by atoms with E-state index in [9.17, 15) is 4.39 Å². The number of aromatic nitrogens is 2. The van der Waals surface area contributed by atoms with Gasteiger partial charge in [0, 0.05) is 12.6 Å². The first kappa shape index (κ1) is 14.0. The van der Waals surface area contributed by atoms with Crippen molar-refractivity contribution in [1.29, 1.82) is 0 Å². The SMILES string of the molecule is COc1cnn(C)c1C(NN)c1cccc(Br)c1F. The Labute approximate surface area is 118 Å². The summed E-state index contributed by atoms with van der Waals surface area (Å²) in [7, 11) is 3.28. The van der Waals surface area contributed by atoms with Crippen molar-refractivity contribution < 1.29 is 9.13 Å². The van der Waals surface area contributed by atoms with Gasteiger partial charge in [-0.1, -0.05) is 12.1 Å². The molecule has 1 heterocycles. The molecule has 0 aliphatic heterocycles. The van der Waals surface area contributed by atoms with Gasteiger partial charge in [-0.15, -0.1) is 0 Å². The van der Waals surface area contributed by atoms with Crippen molar-refractivity contribution in [1.82, 2.24) is 15.2 Å². The highest BCUT2D eigenvalue weighted by Crippen LogP contribution is 2.32. The second-order valence-corrected chi connectivity index (χ2v) is 4.82. The van der Waals surface area contributed by atoms with Crippen LogP contribution in [-0.4, -0.2) is 16.9 Å². The van der Waals surface area contributed by atoms with E-state index in [1.807, 2.05) is 0 Å². The summed E-state index contributed by atoms with van der Waals surface area (Å²) in [6, 6.07) is 4.49. The zero-order valence-electron chi connectivity index (χ0n) is 10.5. The Morgan fingerprint density at radius 1 is 1.53 bits per heavy atom. The number of nitrogens with two attached hydrogens (primary N) is 1. The highest BCUT2D eigenvalue weighted by molar-refractivity contribution is 9.10. The minimum atomic E-state index is -0.556. The molecule has 0 amide bonds. The van der Waals surface area contributed by atoms with Gasteiger partial charge < -0.3 is 4.74 Å². The highest BCUT2D eigenvalue weighted by Gasteiger charge is 2.24. The topological polar surface area (TPSA) is 65.1 Å². The van der Waals surface area contributed by atoms with Crippen molar-refractivity contribution in [3.8, 4) is 5.75 Å². The van der Waals surface area contributed by atoms with Crippen LogP contribution in [0.15, 0.2) is 28.9 Å². The van der Waals surface area contributed by atoms with Gasteiger partial charge in [-0.2, -0.15) is 5.10 Å². The number of hydrogen-bond donors (Lipinski definition) is 2. The quantitative estimate of drug-likeness (QED) is 0.664. The lowest BCUT2D eigenvalue weighted by Crippen LogP contribution is -2.31. The first-order chi connectivity index (χ1) is 9.10. The van der Waals surface area contributed by atoms with Gasteiger partial charge in [0.2, 0.25) is 0 Å². The highest BCUT2D eigenvalue weighted by atomic mass is 79.9. The van der Waals surface area contributed by atoms with E-state index in [1.54, 1.807) is 36.1 Å². The largest absolute Gasteiger partial charge is 0.493 e. The molecule has 1 aromatic heterocycles. The van der Waals surface area contributed by atoms with Crippen LogP contribution in [0.25, 0.3) is 0 Å². The predicted octanol–water partition coefficient (Wildman–Crippen LogP) is 1.88. The van der Waals surface area contributed by atoms with E-state index >= 15 is 0 Å². The molecule has 102 valence electrons. The maximum Gasteiger partial charge on any atom is 0.161 e. The molecular weight excluding hydrogens is 315 g/mol. The van der Waals surface area contributed by atoms with Crippen LogP contribution in [0.3, 0.4) is 0 Å². The van der Waals surface area contributed by atoms with Crippen molar-refractivity contribution >= 4 is 15.9 Å². The summed E-state index contributed by atoms with van der Waals surface area (Å²) >= 11 is 3.16. The summed E-state index contributed by atoms with van der Waals surface area (Å²) in [5.74, 6) is 5.76. The van der Waals surface area contributed by atoms with Crippen LogP contribution in [0.2, 0.25) is 0 Å². The summed E-state index contributed by atoms with van der Waals surface area (Å²) < 4.78 is 21.4. The number of methoxy groups -OCH3 is 1. The molecule has 0 radical (unpaired) electrons. The number of hydrazine groups is 1. The third-order valence-corrected chi connectivity index (χ3v) is 3.51. The van der Waals surface area contributed by atoms with Crippen molar-refractivity contribution in [2.75, 3.05) is 7.11 Å². The number of halogens is 2. The zero-order chi connectivity index (χ0) is 14.0. The molecule has 7 heteroatoms. The molecule has 0 spiro atoms. The molecule has 3 N–H and O–H groups in total. The third-order valence-electron chi connectivity index (χ3n) is 2.90. The van der Waals surface area contributed by atoms with Gasteiger partial charge in [0.05, 0.1) is 23.8 Å². The standard InChI is InChI=1S/C12H14BrFN4O/c1-18-12(9(19-2)6-16-18)11(17-15)7-4-3-5-8(13)10(7)14/h3-6,11,17H,15H2,1-2H3. The molecule has 0 aliphatic rings. The molecule has 1 atom stereocenters. The van der Waals surface area contributed by atoms with Crippen LogP contribution in [0.4, 0.5) is 4.39 Å². The van der Waals surface area contributed by atoms with E-state index in [0.717, 1.165) is 0 Å². The minimum absolute atomic E-state index is 0.367. The lowest BCUT2D eigenvalue weighted by atomic mass is 10.0. The normalized spacial score (nSPS) is 12.5. The van der Waals surface area contributed by atoms with Crippen molar-refractivity contribution in [2.24, 2.45) is 12.9 Å². The van der Waals surface area contributed by atoms with Crippen LogP contribution in [0.1, 0.15) is 17.3 Å². The van der Waals surface area contributed by atoms with E-state index in [-0.39, 0.29) is 5.82 Å². The summed E-state index contributed by atoms with van der Waals surface area (Å²) in [5, 5.41) is 4.10. The van der Waals surface area contributed by atoms with Crippen LogP contribution in [0, 0.1) is 5.82 Å². The Balaban J connectivity index is 2.56. The number of rotatable bonds is 4. The fourth-order valence-electron chi connectivity index (χ4n) is 1.97. The summed E-state index contributed by atoms with van der Waals surface area (Å²) in [4.78, 5) is 0. The zero-order valence-corrected chi connectivity index (χ0v) is 12.1. The van der Waals surface area contributed by atoms with Gasteiger partial charge >= 0.3 is 0 Å². The van der Waals surface area contributed by atoms with E-state index < -0.39 is 6.04 Å². The Bertz CT molecular complexity index is 587. The molecule has 2 rings (SSSR count). The molecule has 5 nitrogen and oxygen atoms in total. The molecule has 2 aromatic rings. The fourth-order valence-corrected chi connectivity index (χ4v) is 2.35. The van der Waals surface area contributed by atoms with Gasteiger partial charge in [0.25, 0.3) is 0 Å². The van der Waals surface area contributed by atoms with Crippen LogP contribution in [-0.2, 0) is 7.05 Å². The van der Waals surface area contributed by atoms with Crippen molar-refractivity contribution in [3.05, 3.63) is 45.9 Å². The number of aryl methyl sites for hydroxylation is 1. The first-order valence-corrected chi connectivity index (χ1v) is 6.35. The molecule has 0 saturated carbocycles. The molecule has 0 fully saturated rings. The fraction of sp³-hybridized carbons (Fsp3) is 0.250. The number of benzene rings is 1. The summed E-state index contributed by atoms with van der Waals surface area (Å²) in [5.41, 5.74) is 3.67. The number of hydrogen-bond acceptors (Lipinski definition) is 4. The van der Waals surface area contributed by atoms with E-state index in [0.29, 0.717) is 21.5 Å². The van der Waals surface area contributed by atoms with Gasteiger partial charge in [-0.3, -0.25) is 10.5 Å². The van der Waals surface area contributed by atoms with E-state index in [1.165, 1.54) is 7.11 Å². The molecule has 0 aliphatic carbocycles. The Hall–Kier alpha value is -1.44. The minimum Gasteiger partial charge on any atom is -0.493 e. The lowest BCUT2D eigenvalue weighted by molar-refractivity contribution is 0.399. The van der Waals surface area contributed by atoms with Crippen LogP contribution in [0.5, 0.6) is 5.75 Å². The van der Waals surface area contributed by atoms with Gasteiger partial charge in [0.15, 0.2) is 5.75 Å². The lowest BCUT2D eigenvalue weighted by Gasteiger charge is -2.19. The average Bonchev–Trinajstić information content (AvgIpc) is 2.77. The Morgan fingerprint density at radius 3 is 2.89 bits per heavy atom. The van der Waals surface area contributed by atoms with Crippen molar-refractivity contribution in [2.45, 2.75) is 6.04 Å². The van der Waals surface area contributed by atoms with Crippen LogP contribution >= 0.6 is 15.9 Å². The Morgan fingerprint density at radius 2 is 2.26 bits per heavy atom. The second kappa shape index (κ2) is 5.68. The van der Waals surface area contributed by atoms with Gasteiger partial charge in [-0.05, 0) is 22.0 Å². The predicted molar refractivity (Wildman–Crippen MR) is 73.0 cm³/mol. The second-order valence-electron chi connectivity index (χ2n) is 3.96. The maximum absolute atomic E-state index is 14.2. The molecule has 1 aromatic carbocycles. The maximum atomic E-state index is 14.2. The van der Waals surface area contributed by atoms with Gasteiger partial charge in [0.1, 0.15) is 11.5 Å².